The molecular weight excluding hydrogens is 482 g/mol. The number of carbonyl (C=O) groups is 1. The second-order valence-electron chi connectivity index (χ2n) is 11.8. The fourth-order valence-corrected chi connectivity index (χ4v) is 6.19. The minimum absolute atomic E-state index is 0.0117. The first-order chi connectivity index (χ1) is 18.8. The Kier molecular flexibility index (Phi) is 8.06. The molecule has 0 N–H and O–H groups in total. The van der Waals surface area contributed by atoms with Gasteiger partial charge in [0, 0.05) is 19.8 Å². The Morgan fingerprint density at radius 3 is 2.36 bits per heavy atom. The smallest absolute Gasteiger partial charge is 0.348 e. The van der Waals surface area contributed by atoms with Crippen LogP contribution in [0, 0.1) is 17.8 Å². The molecule has 0 bridgehead atoms. The number of anilines is 1. The van der Waals surface area contributed by atoms with E-state index in [0.29, 0.717) is 24.3 Å². The summed E-state index contributed by atoms with van der Waals surface area (Å²) in [5.41, 5.74) is 5.57. The summed E-state index contributed by atoms with van der Waals surface area (Å²) < 4.78 is 10.8. The highest BCUT2D eigenvalue weighted by atomic mass is 16.5. The van der Waals surface area contributed by atoms with Crippen molar-refractivity contribution in [2.24, 2.45) is 17.8 Å². The number of nitrogens with zero attached hydrogens (tertiary/aromatic N) is 3. The van der Waals surface area contributed by atoms with E-state index in [9.17, 15) is 4.79 Å². The van der Waals surface area contributed by atoms with Crippen LogP contribution < -0.4 is 9.47 Å². The Morgan fingerprint density at radius 2 is 1.67 bits per heavy atom. The number of hydrogen-bond donors (Lipinski definition) is 0. The van der Waals surface area contributed by atoms with Crippen molar-refractivity contribution in [1.82, 2.24) is 4.57 Å². The quantitative estimate of drug-likeness (QED) is 0.190. The fraction of sp³-hybridized carbons (Fsp3) is 0.412. The topological polar surface area (TPSA) is 38.4 Å². The predicted octanol–water partition coefficient (Wildman–Crippen LogP) is 6.71. The van der Waals surface area contributed by atoms with Gasteiger partial charge in [0.05, 0.1) is 5.56 Å². The monoisotopic (exact) mass is 524 g/mol. The van der Waals surface area contributed by atoms with Gasteiger partial charge in [-0.15, -0.1) is 0 Å². The number of ether oxygens (including phenoxy) is 1. The van der Waals surface area contributed by atoms with Crippen LogP contribution in [0.2, 0.25) is 0 Å². The number of para-hydroxylation sites is 2. The third-order valence-corrected chi connectivity index (χ3v) is 8.33. The molecule has 5 nitrogen and oxygen atoms in total. The molecule has 4 aromatic rings. The average Bonchev–Trinajstić information content (AvgIpc) is 3.21. The van der Waals surface area contributed by atoms with Gasteiger partial charge in [-0.05, 0) is 72.6 Å². The van der Waals surface area contributed by atoms with Crippen molar-refractivity contribution in [2.75, 3.05) is 19.0 Å². The molecule has 3 atom stereocenters. The van der Waals surface area contributed by atoms with Crippen LogP contribution in [0.15, 0.2) is 78.9 Å². The first kappa shape index (κ1) is 27.0. The van der Waals surface area contributed by atoms with Crippen LogP contribution in [0.1, 0.15) is 45.6 Å². The zero-order valence-electron chi connectivity index (χ0n) is 24.0. The second-order valence-corrected chi connectivity index (χ2v) is 11.8. The maximum absolute atomic E-state index is 13.6. The van der Waals surface area contributed by atoms with E-state index in [4.69, 9.17) is 4.74 Å². The van der Waals surface area contributed by atoms with E-state index in [0.717, 1.165) is 41.0 Å². The van der Waals surface area contributed by atoms with Gasteiger partial charge < -0.3 is 9.64 Å². The molecular formula is C34H42N3O2+. The predicted molar refractivity (Wildman–Crippen MR) is 159 cm³/mol. The van der Waals surface area contributed by atoms with E-state index >= 15 is 0 Å². The van der Waals surface area contributed by atoms with Crippen molar-refractivity contribution < 1.29 is 14.1 Å². The molecule has 0 aliphatic heterocycles. The molecule has 0 radical (unpaired) electrons. The van der Waals surface area contributed by atoms with E-state index in [1.54, 1.807) is 0 Å². The van der Waals surface area contributed by atoms with Gasteiger partial charge >= 0.3 is 5.97 Å². The molecule has 204 valence electrons. The SMILES string of the molecule is CC(C)[C@@H]1CC[C@@H](C)C[C@H]1OC(=O)Cn1c(-c2ccc(N(C)C)cc2)[n+](Cc2ccccc2)c2ccccc21. The van der Waals surface area contributed by atoms with Crippen molar-refractivity contribution in [3.63, 3.8) is 0 Å². The first-order valence-electron chi connectivity index (χ1n) is 14.3. The van der Waals surface area contributed by atoms with E-state index in [1.165, 1.54) is 12.0 Å². The Labute approximate surface area is 233 Å². The average molecular weight is 525 g/mol. The summed E-state index contributed by atoms with van der Waals surface area (Å²) in [6.07, 6.45) is 3.28. The van der Waals surface area contributed by atoms with Gasteiger partial charge in [0.1, 0.15) is 12.6 Å². The molecule has 1 heterocycles. The fourth-order valence-electron chi connectivity index (χ4n) is 6.19. The zero-order valence-corrected chi connectivity index (χ0v) is 24.0. The highest BCUT2D eigenvalue weighted by Crippen LogP contribution is 2.35. The molecule has 1 saturated carbocycles. The number of rotatable bonds is 8. The van der Waals surface area contributed by atoms with Crippen molar-refractivity contribution in [3.05, 3.63) is 84.4 Å². The summed E-state index contributed by atoms with van der Waals surface area (Å²) in [6.45, 7) is 7.68. The minimum Gasteiger partial charge on any atom is -0.459 e. The van der Waals surface area contributed by atoms with E-state index < -0.39 is 0 Å². The number of carbonyl (C=O) groups excluding carboxylic acids is 1. The van der Waals surface area contributed by atoms with E-state index in [2.05, 4.69) is 102 Å². The Hall–Kier alpha value is -3.60. The van der Waals surface area contributed by atoms with E-state index in [-0.39, 0.29) is 18.6 Å². The molecule has 1 aliphatic carbocycles. The van der Waals surface area contributed by atoms with Crippen LogP contribution in [-0.4, -0.2) is 30.7 Å². The molecule has 1 fully saturated rings. The Morgan fingerprint density at radius 1 is 0.974 bits per heavy atom. The van der Waals surface area contributed by atoms with Crippen LogP contribution in [0.4, 0.5) is 5.69 Å². The standard InChI is InChI=1S/C34H42N3O2/c1-24(2)29-20-15-25(3)21-32(29)39-33(38)23-37-31-14-10-9-13-30(31)36(22-26-11-7-6-8-12-26)34(37)27-16-18-28(19-17-27)35(4)5/h6-14,16-19,24-25,29,32H,15,20-23H2,1-5H3/q+1/t25-,29+,32-/m1/s1. The van der Waals surface area contributed by atoms with Crippen molar-refractivity contribution in [2.45, 2.75) is 59.2 Å². The minimum atomic E-state index is -0.154. The summed E-state index contributed by atoms with van der Waals surface area (Å²) in [4.78, 5) is 15.7. The van der Waals surface area contributed by atoms with Gasteiger partial charge in [-0.25, -0.2) is 13.9 Å². The first-order valence-corrected chi connectivity index (χ1v) is 14.3. The molecule has 0 amide bonds. The normalized spacial score (nSPS) is 19.4. The highest BCUT2D eigenvalue weighted by Gasteiger charge is 2.35. The molecule has 1 aromatic heterocycles. The van der Waals surface area contributed by atoms with Crippen LogP contribution in [-0.2, 0) is 22.6 Å². The van der Waals surface area contributed by atoms with Crippen molar-refractivity contribution in [1.29, 1.82) is 0 Å². The number of imidazole rings is 1. The van der Waals surface area contributed by atoms with Gasteiger partial charge in [-0.3, -0.25) is 0 Å². The molecule has 5 rings (SSSR count). The summed E-state index contributed by atoms with van der Waals surface area (Å²) >= 11 is 0. The van der Waals surface area contributed by atoms with Crippen molar-refractivity contribution in [3.8, 4) is 11.4 Å². The zero-order chi connectivity index (χ0) is 27.5. The van der Waals surface area contributed by atoms with Gasteiger partial charge in [-0.2, -0.15) is 0 Å². The maximum Gasteiger partial charge on any atom is 0.348 e. The molecule has 0 unspecified atom stereocenters. The molecule has 0 saturated heterocycles. The van der Waals surface area contributed by atoms with Crippen LogP contribution in [0.25, 0.3) is 22.4 Å². The number of fused-ring (bicyclic) bond motifs is 1. The molecule has 0 spiro atoms. The summed E-state index contributed by atoms with van der Waals surface area (Å²) in [7, 11) is 4.10. The van der Waals surface area contributed by atoms with Crippen LogP contribution in [0.5, 0.6) is 0 Å². The summed E-state index contributed by atoms with van der Waals surface area (Å²) in [6, 6.07) is 27.5. The molecule has 5 heteroatoms. The molecule has 39 heavy (non-hydrogen) atoms. The lowest BCUT2D eigenvalue weighted by Gasteiger charge is -2.36. The Balaban J connectivity index is 1.57. The highest BCUT2D eigenvalue weighted by molar-refractivity contribution is 5.80. The lowest BCUT2D eigenvalue weighted by Crippen LogP contribution is -2.38. The third-order valence-electron chi connectivity index (χ3n) is 8.33. The largest absolute Gasteiger partial charge is 0.459 e. The Bertz CT molecular complexity index is 1410. The second kappa shape index (κ2) is 11.6. The van der Waals surface area contributed by atoms with Gasteiger partial charge in [0.15, 0.2) is 17.6 Å². The number of esters is 1. The third kappa shape index (κ3) is 5.88. The molecule has 3 aromatic carbocycles. The molecule has 1 aliphatic rings. The van der Waals surface area contributed by atoms with Gasteiger partial charge in [-0.1, -0.05) is 69.7 Å². The van der Waals surface area contributed by atoms with Gasteiger partial charge in [0.25, 0.3) is 5.82 Å². The van der Waals surface area contributed by atoms with Crippen LogP contribution in [0.3, 0.4) is 0 Å². The maximum atomic E-state index is 13.6. The number of benzene rings is 3. The lowest BCUT2D eigenvalue weighted by molar-refractivity contribution is -0.651. The van der Waals surface area contributed by atoms with Crippen molar-refractivity contribution >= 4 is 22.7 Å². The van der Waals surface area contributed by atoms with E-state index in [1.807, 2.05) is 26.2 Å². The number of aromatic nitrogens is 2. The summed E-state index contributed by atoms with van der Waals surface area (Å²) in [5, 5.41) is 0. The van der Waals surface area contributed by atoms with Gasteiger partial charge in [0.2, 0.25) is 0 Å². The lowest BCUT2D eigenvalue weighted by atomic mass is 9.75. The van der Waals surface area contributed by atoms with Crippen LogP contribution >= 0.6 is 0 Å². The number of hydrogen-bond acceptors (Lipinski definition) is 3. The summed E-state index contributed by atoms with van der Waals surface area (Å²) in [5.74, 6) is 2.37.